The Morgan fingerprint density at radius 3 is 2.61 bits per heavy atom. The summed E-state index contributed by atoms with van der Waals surface area (Å²) in [5, 5.41) is 5.32. The molecule has 2 amide bonds. The van der Waals surface area contributed by atoms with Crippen LogP contribution in [0.4, 0.5) is 4.39 Å². The summed E-state index contributed by atoms with van der Waals surface area (Å²) in [6.07, 6.45) is 1.56. The molecule has 6 nitrogen and oxygen atoms in total. The number of carbonyl (C=O) groups is 2. The summed E-state index contributed by atoms with van der Waals surface area (Å²) in [6, 6.07) is 12.6. The van der Waals surface area contributed by atoms with E-state index in [4.69, 9.17) is 4.74 Å². The van der Waals surface area contributed by atoms with Gasteiger partial charge in [0, 0.05) is 23.7 Å². The second-order valence-corrected chi connectivity index (χ2v) is 7.22. The molecule has 3 aromatic rings. The maximum absolute atomic E-state index is 12.9. The van der Waals surface area contributed by atoms with Crippen molar-refractivity contribution in [2.24, 2.45) is 0 Å². The number of pyridine rings is 1. The molecule has 0 saturated heterocycles. The molecule has 2 heterocycles. The second-order valence-electron chi connectivity index (χ2n) is 5.93. The fraction of sp³-hybridized carbons (Fsp3) is 0.150. The fourth-order valence-corrected chi connectivity index (χ4v) is 3.09. The Balaban J connectivity index is 1.48. The number of ether oxygens (including phenoxy) is 1. The maximum Gasteiger partial charge on any atom is 0.261 e. The van der Waals surface area contributed by atoms with Crippen LogP contribution in [0.3, 0.4) is 0 Å². The van der Waals surface area contributed by atoms with Crippen molar-refractivity contribution in [2.75, 3.05) is 6.54 Å². The summed E-state index contributed by atoms with van der Waals surface area (Å²) in [5.74, 6) is -0.133. The molecule has 2 aromatic heterocycles. The molecule has 8 heteroatoms. The molecule has 0 unspecified atom stereocenters. The van der Waals surface area contributed by atoms with E-state index in [0.29, 0.717) is 16.5 Å². The van der Waals surface area contributed by atoms with Gasteiger partial charge in [0.1, 0.15) is 11.6 Å². The van der Waals surface area contributed by atoms with E-state index in [-0.39, 0.29) is 30.7 Å². The van der Waals surface area contributed by atoms with Gasteiger partial charge >= 0.3 is 0 Å². The van der Waals surface area contributed by atoms with E-state index in [9.17, 15) is 14.0 Å². The van der Waals surface area contributed by atoms with Crippen molar-refractivity contribution in [3.8, 4) is 11.6 Å². The third-order valence-corrected chi connectivity index (χ3v) is 4.70. The van der Waals surface area contributed by atoms with Crippen LogP contribution < -0.4 is 15.4 Å². The SMILES string of the molecule is Cc1ccc(C(=O)NCC(=O)NCc2ccnc(Oc3ccc(F)cc3)c2)s1. The zero-order valence-electron chi connectivity index (χ0n) is 15.1. The standard InChI is InChI=1S/C20H18FN3O3S/c1-13-2-7-17(28-13)20(26)24-12-18(25)23-11-14-8-9-22-19(10-14)27-16-5-3-15(21)4-6-16/h2-10H,11-12H2,1H3,(H,23,25)(H,24,26). The van der Waals surface area contributed by atoms with Crippen molar-refractivity contribution in [3.05, 3.63) is 75.9 Å². The first-order valence-corrected chi connectivity index (χ1v) is 9.31. The third-order valence-electron chi connectivity index (χ3n) is 3.70. The molecule has 28 heavy (non-hydrogen) atoms. The molecule has 0 aliphatic rings. The highest BCUT2D eigenvalue weighted by Gasteiger charge is 2.10. The number of benzene rings is 1. The van der Waals surface area contributed by atoms with Crippen molar-refractivity contribution < 1.29 is 18.7 Å². The molecule has 0 spiro atoms. The molecule has 144 valence electrons. The molecular weight excluding hydrogens is 381 g/mol. The van der Waals surface area contributed by atoms with Gasteiger partial charge in [0.2, 0.25) is 11.8 Å². The zero-order chi connectivity index (χ0) is 19.9. The van der Waals surface area contributed by atoms with Crippen molar-refractivity contribution in [1.29, 1.82) is 0 Å². The highest BCUT2D eigenvalue weighted by atomic mass is 32.1. The topological polar surface area (TPSA) is 80.3 Å². The number of aromatic nitrogens is 1. The van der Waals surface area contributed by atoms with Crippen LogP contribution in [0.15, 0.2) is 54.7 Å². The lowest BCUT2D eigenvalue weighted by atomic mass is 10.2. The first-order valence-electron chi connectivity index (χ1n) is 8.49. The zero-order valence-corrected chi connectivity index (χ0v) is 15.9. The van der Waals surface area contributed by atoms with Crippen LogP contribution >= 0.6 is 11.3 Å². The average molecular weight is 399 g/mol. The summed E-state index contributed by atoms with van der Waals surface area (Å²) in [4.78, 5) is 29.6. The van der Waals surface area contributed by atoms with E-state index in [1.54, 1.807) is 24.4 Å². The second kappa shape index (κ2) is 9.09. The molecule has 0 fully saturated rings. The average Bonchev–Trinajstić information content (AvgIpc) is 3.13. The van der Waals surface area contributed by atoms with Gasteiger partial charge in [0.25, 0.3) is 5.91 Å². The Hall–Kier alpha value is -3.26. The van der Waals surface area contributed by atoms with Crippen molar-refractivity contribution in [1.82, 2.24) is 15.6 Å². The predicted octanol–water partition coefficient (Wildman–Crippen LogP) is 3.43. The number of hydrogen-bond donors (Lipinski definition) is 2. The number of thiophene rings is 1. The molecule has 3 rings (SSSR count). The quantitative estimate of drug-likeness (QED) is 0.638. The van der Waals surface area contributed by atoms with Gasteiger partial charge < -0.3 is 15.4 Å². The number of nitrogens with zero attached hydrogens (tertiary/aromatic N) is 1. The summed E-state index contributed by atoms with van der Waals surface area (Å²) in [7, 11) is 0. The number of hydrogen-bond acceptors (Lipinski definition) is 5. The number of nitrogens with one attached hydrogen (secondary N) is 2. The largest absolute Gasteiger partial charge is 0.439 e. The monoisotopic (exact) mass is 399 g/mol. The number of aryl methyl sites for hydroxylation is 1. The molecule has 1 aromatic carbocycles. The minimum atomic E-state index is -0.349. The Bertz CT molecular complexity index is 973. The van der Waals surface area contributed by atoms with Crippen LogP contribution in [-0.4, -0.2) is 23.3 Å². The first-order chi connectivity index (χ1) is 13.5. The van der Waals surface area contributed by atoms with Crippen LogP contribution in [0.25, 0.3) is 0 Å². The normalized spacial score (nSPS) is 10.4. The highest BCUT2D eigenvalue weighted by Crippen LogP contribution is 2.20. The highest BCUT2D eigenvalue weighted by molar-refractivity contribution is 7.13. The van der Waals surface area contributed by atoms with Gasteiger partial charge in [-0.2, -0.15) is 0 Å². The van der Waals surface area contributed by atoms with Crippen LogP contribution in [0.2, 0.25) is 0 Å². The van der Waals surface area contributed by atoms with E-state index in [1.807, 2.05) is 13.0 Å². The Labute approximate surface area is 165 Å². The molecule has 2 N–H and O–H groups in total. The van der Waals surface area contributed by atoms with Crippen LogP contribution in [0.1, 0.15) is 20.1 Å². The molecule has 0 saturated carbocycles. The van der Waals surface area contributed by atoms with E-state index in [0.717, 1.165) is 10.4 Å². The fourth-order valence-electron chi connectivity index (χ4n) is 2.31. The number of amides is 2. The molecule has 0 aliphatic carbocycles. The van der Waals surface area contributed by atoms with Gasteiger partial charge in [-0.05, 0) is 55.0 Å². The number of rotatable bonds is 7. The molecule has 0 radical (unpaired) electrons. The Morgan fingerprint density at radius 2 is 1.89 bits per heavy atom. The van der Waals surface area contributed by atoms with E-state index in [1.165, 1.54) is 35.6 Å². The van der Waals surface area contributed by atoms with Crippen LogP contribution in [0, 0.1) is 12.7 Å². The van der Waals surface area contributed by atoms with Gasteiger partial charge in [0.05, 0.1) is 11.4 Å². The molecule has 0 bridgehead atoms. The maximum atomic E-state index is 12.9. The Morgan fingerprint density at radius 1 is 1.11 bits per heavy atom. The van der Waals surface area contributed by atoms with Crippen molar-refractivity contribution in [2.45, 2.75) is 13.5 Å². The van der Waals surface area contributed by atoms with Crippen molar-refractivity contribution in [3.63, 3.8) is 0 Å². The first kappa shape index (κ1) is 19.5. The van der Waals surface area contributed by atoms with Crippen LogP contribution in [-0.2, 0) is 11.3 Å². The van der Waals surface area contributed by atoms with Crippen molar-refractivity contribution >= 4 is 23.2 Å². The van der Waals surface area contributed by atoms with Gasteiger partial charge in [-0.3, -0.25) is 9.59 Å². The summed E-state index contributed by atoms with van der Waals surface area (Å²) >= 11 is 1.38. The van der Waals surface area contributed by atoms with Gasteiger partial charge in [-0.25, -0.2) is 9.37 Å². The predicted molar refractivity (Wildman–Crippen MR) is 104 cm³/mol. The molecule has 0 atom stereocenters. The van der Waals surface area contributed by atoms with Crippen LogP contribution in [0.5, 0.6) is 11.6 Å². The molecular formula is C20H18FN3O3S. The summed E-state index contributed by atoms with van der Waals surface area (Å²) in [5.41, 5.74) is 0.778. The lowest BCUT2D eigenvalue weighted by molar-refractivity contribution is -0.120. The summed E-state index contributed by atoms with van der Waals surface area (Å²) < 4.78 is 18.5. The molecule has 0 aliphatic heterocycles. The number of carbonyl (C=O) groups excluding carboxylic acids is 2. The smallest absolute Gasteiger partial charge is 0.261 e. The number of halogens is 1. The Kier molecular flexibility index (Phi) is 6.33. The van der Waals surface area contributed by atoms with Gasteiger partial charge in [-0.1, -0.05) is 0 Å². The summed E-state index contributed by atoms with van der Waals surface area (Å²) in [6.45, 7) is 2.06. The lowest BCUT2D eigenvalue weighted by Crippen LogP contribution is -2.36. The van der Waals surface area contributed by atoms with E-state index in [2.05, 4.69) is 15.6 Å². The third kappa shape index (κ3) is 5.62. The van der Waals surface area contributed by atoms with Gasteiger partial charge in [-0.15, -0.1) is 11.3 Å². The van der Waals surface area contributed by atoms with Gasteiger partial charge in [0.15, 0.2) is 0 Å². The minimum absolute atomic E-state index is 0.111. The van der Waals surface area contributed by atoms with E-state index >= 15 is 0 Å². The van der Waals surface area contributed by atoms with E-state index < -0.39 is 0 Å². The lowest BCUT2D eigenvalue weighted by Gasteiger charge is -2.08. The minimum Gasteiger partial charge on any atom is -0.439 e.